The molecule has 0 aliphatic carbocycles. The second-order valence-corrected chi connectivity index (χ2v) is 9.50. The van der Waals surface area contributed by atoms with Gasteiger partial charge in [0.2, 0.25) is 5.91 Å². The van der Waals surface area contributed by atoms with Gasteiger partial charge in [0, 0.05) is 46.8 Å². The molecule has 1 aliphatic rings. The SMILES string of the molecule is C[C@H](c1cccc2ccccc12)N1CCC(C(=O)NCc2cc(F)cc(NC(=O)I)c2)CC1. The summed E-state index contributed by atoms with van der Waals surface area (Å²) in [7, 11) is 0. The fourth-order valence-corrected chi connectivity index (χ4v) is 4.94. The predicted octanol–water partition coefficient (Wildman–Crippen LogP) is 6.04. The van der Waals surface area contributed by atoms with Gasteiger partial charge in [0.25, 0.3) is 3.91 Å². The molecule has 5 nitrogen and oxygen atoms in total. The van der Waals surface area contributed by atoms with Gasteiger partial charge in [0.1, 0.15) is 5.82 Å². The van der Waals surface area contributed by atoms with E-state index in [1.165, 1.54) is 28.5 Å². The summed E-state index contributed by atoms with van der Waals surface area (Å²) < 4.78 is 13.5. The van der Waals surface area contributed by atoms with Crippen molar-refractivity contribution in [1.29, 1.82) is 0 Å². The Morgan fingerprint density at radius 1 is 1.09 bits per heavy atom. The first kappa shape index (κ1) is 23.6. The highest BCUT2D eigenvalue weighted by molar-refractivity contribution is 14.1. The Balaban J connectivity index is 1.33. The number of rotatable bonds is 6. The Labute approximate surface area is 206 Å². The molecule has 0 radical (unpaired) electrons. The average Bonchev–Trinajstić information content (AvgIpc) is 2.81. The molecule has 0 saturated carbocycles. The van der Waals surface area contributed by atoms with Crippen molar-refractivity contribution in [2.24, 2.45) is 5.92 Å². The number of halogens is 2. The molecular weight excluding hydrogens is 532 g/mol. The first-order chi connectivity index (χ1) is 15.9. The standard InChI is InChI=1S/C26H27FIN3O2/c1-17(23-8-4-6-19-5-2-3-7-24(19)23)31-11-9-20(10-12-31)25(32)29-16-18-13-21(27)15-22(14-18)30-26(28)33/h2-8,13-15,17,20H,9-12,16H2,1H3,(H,29,32)(H,30,33)/t17-/m1/s1. The molecule has 2 amide bonds. The Bertz CT molecular complexity index is 1160. The molecule has 3 aromatic rings. The number of nitrogens with one attached hydrogen (secondary N) is 2. The van der Waals surface area contributed by atoms with Crippen molar-refractivity contribution in [3.8, 4) is 0 Å². The second kappa shape index (κ2) is 10.6. The van der Waals surface area contributed by atoms with Gasteiger partial charge in [-0.1, -0.05) is 42.5 Å². The van der Waals surface area contributed by atoms with Crippen molar-refractivity contribution < 1.29 is 14.0 Å². The van der Waals surface area contributed by atoms with E-state index in [9.17, 15) is 14.0 Å². The maximum absolute atomic E-state index is 13.8. The van der Waals surface area contributed by atoms with E-state index in [1.54, 1.807) is 28.7 Å². The van der Waals surface area contributed by atoms with Crippen LogP contribution in [-0.4, -0.2) is 27.8 Å². The first-order valence-electron chi connectivity index (χ1n) is 11.2. The summed E-state index contributed by atoms with van der Waals surface area (Å²) in [6.45, 7) is 4.17. The van der Waals surface area contributed by atoms with Crippen LogP contribution in [0, 0.1) is 11.7 Å². The molecule has 1 atom stereocenters. The molecular formula is C26H27FIN3O2. The van der Waals surface area contributed by atoms with Crippen LogP contribution in [0.2, 0.25) is 0 Å². The summed E-state index contributed by atoms with van der Waals surface area (Å²) in [6.07, 6.45) is 1.58. The Morgan fingerprint density at radius 2 is 1.82 bits per heavy atom. The highest BCUT2D eigenvalue weighted by Crippen LogP contribution is 2.31. The van der Waals surface area contributed by atoms with Crippen molar-refractivity contribution in [3.63, 3.8) is 0 Å². The Hall–Kier alpha value is -2.52. The smallest absolute Gasteiger partial charge is 0.284 e. The van der Waals surface area contributed by atoms with Gasteiger partial charge in [-0.05, 0) is 73.0 Å². The molecule has 172 valence electrons. The molecule has 7 heteroatoms. The van der Waals surface area contributed by atoms with Crippen molar-refractivity contribution in [1.82, 2.24) is 10.2 Å². The summed E-state index contributed by atoms with van der Waals surface area (Å²) in [5, 5.41) is 8.03. The van der Waals surface area contributed by atoms with Gasteiger partial charge in [-0.2, -0.15) is 0 Å². The van der Waals surface area contributed by atoms with Gasteiger partial charge < -0.3 is 10.6 Å². The maximum atomic E-state index is 13.8. The van der Waals surface area contributed by atoms with Crippen molar-refractivity contribution in [3.05, 3.63) is 77.6 Å². The lowest BCUT2D eigenvalue weighted by Gasteiger charge is -2.36. The molecule has 1 fully saturated rings. The molecule has 0 bridgehead atoms. The quantitative estimate of drug-likeness (QED) is 0.220. The lowest BCUT2D eigenvalue weighted by molar-refractivity contribution is -0.126. The summed E-state index contributed by atoms with van der Waals surface area (Å²) >= 11 is 1.60. The van der Waals surface area contributed by atoms with Crippen molar-refractivity contribution >= 4 is 48.9 Å². The number of piperidine rings is 1. The van der Waals surface area contributed by atoms with Crippen molar-refractivity contribution in [2.45, 2.75) is 32.4 Å². The fraction of sp³-hybridized carbons (Fsp3) is 0.308. The molecule has 1 aliphatic heterocycles. The van der Waals surface area contributed by atoms with Gasteiger partial charge in [-0.3, -0.25) is 14.5 Å². The van der Waals surface area contributed by atoms with Gasteiger partial charge in [-0.25, -0.2) is 4.39 Å². The second-order valence-electron chi connectivity index (χ2n) is 8.52. The number of carbonyl (C=O) groups is 2. The zero-order chi connectivity index (χ0) is 23.4. The number of hydrogen-bond acceptors (Lipinski definition) is 3. The molecule has 0 unspecified atom stereocenters. The zero-order valence-corrected chi connectivity index (χ0v) is 20.6. The number of fused-ring (bicyclic) bond motifs is 1. The van der Waals surface area contributed by atoms with Gasteiger partial charge in [-0.15, -0.1) is 0 Å². The van der Waals surface area contributed by atoms with Gasteiger partial charge in [0.05, 0.1) is 0 Å². The minimum absolute atomic E-state index is 0.00352. The van der Waals surface area contributed by atoms with E-state index >= 15 is 0 Å². The van der Waals surface area contributed by atoms with E-state index in [1.807, 2.05) is 0 Å². The summed E-state index contributed by atoms with van der Waals surface area (Å²) in [5.41, 5.74) is 2.32. The number of carbonyl (C=O) groups excluding carboxylic acids is 2. The van der Waals surface area contributed by atoms with Crippen LogP contribution < -0.4 is 10.6 Å². The zero-order valence-electron chi connectivity index (χ0n) is 18.5. The highest BCUT2D eigenvalue weighted by atomic mass is 127. The van der Waals surface area contributed by atoms with Crippen LogP contribution in [0.15, 0.2) is 60.7 Å². The molecule has 0 aromatic heterocycles. The maximum Gasteiger partial charge on any atom is 0.284 e. The number of likely N-dealkylation sites (tertiary alicyclic amines) is 1. The van der Waals surface area contributed by atoms with Crippen LogP contribution >= 0.6 is 22.6 Å². The number of amides is 2. The van der Waals surface area contributed by atoms with Crippen LogP contribution in [0.4, 0.5) is 14.9 Å². The van der Waals surface area contributed by atoms with E-state index < -0.39 is 5.82 Å². The topological polar surface area (TPSA) is 61.4 Å². The van der Waals surface area contributed by atoms with Crippen LogP contribution in [0.1, 0.15) is 36.9 Å². The molecule has 0 spiro atoms. The molecule has 3 aromatic carbocycles. The molecule has 1 heterocycles. The largest absolute Gasteiger partial charge is 0.352 e. The van der Waals surface area contributed by atoms with Crippen molar-refractivity contribution in [2.75, 3.05) is 18.4 Å². The number of anilines is 1. The van der Waals surface area contributed by atoms with Crippen LogP contribution in [0.3, 0.4) is 0 Å². The monoisotopic (exact) mass is 559 g/mol. The summed E-state index contributed by atoms with van der Waals surface area (Å²) in [4.78, 5) is 26.4. The number of benzene rings is 3. The van der Waals surface area contributed by atoms with Crippen LogP contribution in [-0.2, 0) is 11.3 Å². The van der Waals surface area contributed by atoms with Crippen LogP contribution in [0.25, 0.3) is 10.8 Å². The molecule has 4 rings (SSSR count). The third-order valence-electron chi connectivity index (χ3n) is 6.39. The normalized spacial score (nSPS) is 15.8. The molecule has 2 N–H and O–H groups in total. The predicted molar refractivity (Wildman–Crippen MR) is 138 cm³/mol. The lowest BCUT2D eigenvalue weighted by Crippen LogP contribution is -2.41. The highest BCUT2D eigenvalue weighted by Gasteiger charge is 2.28. The third-order valence-corrected chi connectivity index (χ3v) is 6.66. The number of hydrogen-bond donors (Lipinski definition) is 2. The minimum atomic E-state index is -0.447. The average molecular weight is 559 g/mol. The minimum Gasteiger partial charge on any atom is -0.352 e. The Kier molecular flexibility index (Phi) is 7.60. The Morgan fingerprint density at radius 3 is 2.58 bits per heavy atom. The van der Waals surface area contributed by atoms with E-state index in [2.05, 4.69) is 64.9 Å². The van der Waals surface area contributed by atoms with E-state index in [-0.39, 0.29) is 28.3 Å². The first-order valence-corrected chi connectivity index (χ1v) is 12.2. The van der Waals surface area contributed by atoms with E-state index in [0.717, 1.165) is 25.9 Å². The van der Waals surface area contributed by atoms with E-state index in [0.29, 0.717) is 11.3 Å². The number of nitrogens with zero attached hydrogens (tertiary/aromatic N) is 1. The third kappa shape index (κ3) is 5.89. The van der Waals surface area contributed by atoms with E-state index in [4.69, 9.17) is 0 Å². The van der Waals surface area contributed by atoms with Gasteiger partial charge >= 0.3 is 0 Å². The summed E-state index contributed by atoms with van der Waals surface area (Å²) in [5.74, 6) is -0.503. The fourth-order valence-electron chi connectivity index (χ4n) is 4.63. The summed E-state index contributed by atoms with van der Waals surface area (Å²) in [6, 6.07) is 19.5. The van der Waals surface area contributed by atoms with Gasteiger partial charge in [0.15, 0.2) is 0 Å². The van der Waals surface area contributed by atoms with Crippen LogP contribution in [0.5, 0.6) is 0 Å². The lowest BCUT2D eigenvalue weighted by atomic mass is 9.92. The molecule has 33 heavy (non-hydrogen) atoms. The molecule has 1 saturated heterocycles.